The third-order valence-corrected chi connectivity index (χ3v) is 25.8. The van der Waals surface area contributed by atoms with E-state index in [9.17, 15) is 0 Å². The molecule has 20 aliphatic rings. The Bertz CT molecular complexity index is 1550. The molecule has 192 valence electrons. The maximum Gasteiger partial charge on any atom is -0.00569 e. The third kappa shape index (κ3) is 0.663. The van der Waals surface area contributed by atoms with E-state index in [2.05, 4.69) is 0 Å². The molecule has 8 spiro atoms. The van der Waals surface area contributed by atoms with Crippen LogP contribution in [0.1, 0.15) is 64.2 Å². The predicted molar refractivity (Wildman–Crippen MR) is 135 cm³/mol. The molecule has 0 nitrogen and oxygen atoms in total. The van der Waals surface area contributed by atoms with E-state index in [1.165, 1.54) is 118 Å². The summed E-state index contributed by atoms with van der Waals surface area (Å²) >= 11 is 0. The van der Waals surface area contributed by atoms with Gasteiger partial charge in [0.15, 0.2) is 0 Å². The van der Waals surface area contributed by atoms with E-state index in [-0.39, 0.29) is 0 Å². The van der Waals surface area contributed by atoms with Gasteiger partial charge in [-0.3, -0.25) is 0 Å². The summed E-state index contributed by atoms with van der Waals surface area (Å²) in [7, 11) is 0. The highest BCUT2D eigenvalue weighted by atomic mass is 15.4. The molecular formula is C38H40. The molecule has 0 bridgehead atoms. The molecule has 0 N–H and O–H groups in total. The second-order valence-electron chi connectivity index (χ2n) is 21.6. The van der Waals surface area contributed by atoms with E-state index in [0.717, 1.165) is 43.3 Å². The Morgan fingerprint density at radius 3 is 1.45 bits per heavy atom. The molecule has 24 atom stereocenters. The molecule has 0 radical (unpaired) electrons. The molecule has 20 aliphatic carbocycles. The van der Waals surface area contributed by atoms with Gasteiger partial charge in [-0.1, -0.05) is 0 Å². The molecule has 38 heavy (non-hydrogen) atoms. The fraction of sp³-hybridized carbons (Fsp3) is 1.00. The van der Waals surface area contributed by atoms with Gasteiger partial charge in [-0.05, 0) is 226 Å². The third-order valence-electron chi connectivity index (χ3n) is 25.8. The Balaban J connectivity index is 0.000000109. The molecule has 0 aliphatic heterocycles. The number of rotatable bonds is 0. The maximum absolute atomic E-state index is 1.76. The van der Waals surface area contributed by atoms with Crippen molar-refractivity contribution in [1.29, 1.82) is 0 Å². The first-order chi connectivity index (χ1) is 18.8. The molecule has 0 aromatic carbocycles. The van der Waals surface area contributed by atoms with Crippen LogP contribution in [0.25, 0.3) is 0 Å². The van der Waals surface area contributed by atoms with E-state index in [1.807, 2.05) is 0 Å². The molecule has 24 unspecified atom stereocenters. The molecule has 0 amide bonds. The molecule has 20 rings (SSSR count). The van der Waals surface area contributed by atoms with Gasteiger partial charge in [0.1, 0.15) is 0 Å². The molecule has 0 saturated heterocycles. The summed E-state index contributed by atoms with van der Waals surface area (Å²) in [5.41, 5.74) is 8.68. The maximum atomic E-state index is 1.76. The molecule has 20 fully saturated rings. The van der Waals surface area contributed by atoms with Crippen LogP contribution in [-0.4, -0.2) is 0 Å². The zero-order valence-corrected chi connectivity index (χ0v) is 22.6. The molecule has 0 aromatic rings. The Morgan fingerprint density at radius 1 is 0.368 bits per heavy atom. The van der Waals surface area contributed by atoms with Crippen molar-refractivity contribution in [2.75, 3.05) is 0 Å². The van der Waals surface area contributed by atoms with Gasteiger partial charge < -0.3 is 0 Å². The van der Waals surface area contributed by atoms with E-state index < -0.39 is 0 Å². The summed E-state index contributed by atoms with van der Waals surface area (Å²) < 4.78 is 0. The van der Waals surface area contributed by atoms with Crippen LogP contribution < -0.4 is 0 Å². The first-order valence-corrected chi connectivity index (χ1v) is 18.8. The van der Waals surface area contributed by atoms with Crippen molar-refractivity contribution in [3.8, 4) is 0 Å². The lowest BCUT2D eigenvalue weighted by Crippen LogP contribution is -3.35. The van der Waals surface area contributed by atoms with E-state index in [1.54, 1.807) is 64.2 Å². The minimum absolute atomic E-state index is 1.07. The van der Waals surface area contributed by atoms with Gasteiger partial charge in [-0.2, -0.15) is 0 Å². The van der Waals surface area contributed by atoms with Crippen molar-refractivity contribution >= 4 is 0 Å². The molecule has 0 heteroatoms. The fourth-order valence-electron chi connectivity index (χ4n) is 28.5. The minimum atomic E-state index is 1.07. The zero-order valence-electron chi connectivity index (χ0n) is 22.6. The van der Waals surface area contributed by atoms with Gasteiger partial charge >= 0.3 is 0 Å². The van der Waals surface area contributed by atoms with Gasteiger partial charge in [-0.15, -0.1) is 0 Å². The Kier molecular flexibility index (Phi) is 1.50. The summed E-state index contributed by atoms with van der Waals surface area (Å²) in [6, 6.07) is 0. The van der Waals surface area contributed by atoms with Gasteiger partial charge in [0, 0.05) is 0 Å². The van der Waals surface area contributed by atoms with Crippen molar-refractivity contribution in [3.05, 3.63) is 0 Å². The van der Waals surface area contributed by atoms with Crippen molar-refractivity contribution < 1.29 is 0 Å². The predicted octanol–water partition coefficient (Wildman–Crippen LogP) is 6.36. The molecule has 20 saturated carbocycles. The standard InChI is InChI=1S/C26H26.C12H14/c1-3-8-7(1)2-4-9-15-17-12-5-10-11-6-13-18-20-14(8)19-16(9)23(15)24(19,20)26(18)22(11,13)21(10,12)25(17,23)26;1-5-2-9-10-4-6-3-8-7(1)11(5,9)12(6,8)10/h7-20H,1-6H2;5-10H,1-4H2. The molecular weight excluding hydrogens is 456 g/mol. The van der Waals surface area contributed by atoms with Crippen LogP contribution in [0.2, 0.25) is 0 Å². The van der Waals surface area contributed by atoms with Crippen LogP contribution in [0.3, 0.4) is 0 Å². The van der Waals surface area contributed by atoms with Crippen LogP contribution in [0.15, 0.2) is 0 Å². The second-order valence-corrected chi connectivity index (χ2v) is 21.6. The van der Waals surface area contributed by atoms with Crippen LogP contribution in [0.5, 0.6) is 0 Å². The van der Waals surface area contributed by atoms with Gasteiger partial charge in [-0.25, -0.2) is 0 Å². The first-order valence-electron chi connectivity index (χ1n) is 18.8. The zero-order chi connectivity index (χ0) is 22.6. The Morgan fingerprint density at radius 2 is 0.868 bits per heavy atom. The van der Waals surface area contributed by atoms with Crippen LogP contribution >= 0.6 is 0 Å². The second kappa shape index (κ2) is 3.44. The minimum Gasteiger partial charge on any atom is -0.0499 e. The first kappa shape index (κ1) is 16.6. The van der Waals surface area contributed by atoms with Crippen molar-refractivity contribution in [2.24, 2.45) is 162 Å². The lowest BCUT2D eigenvalue weighted by molar-refractivity contribution is -0.923. The average Bonchev–Trinajstić information content (AvgIpc) is 2.80. The smallest absolute Gasteiger partial charge is 0.00569 e. The van der Waals surface area contributed by atoms with Crippen LogP contribution in [-0.2, 0) is 0 Å². The number of hydrogen-bond acceptors (Lipinski definition) is 0. The Labute approximate surface area is 225 Å². The van der Waals surface area contributed by atoms with E-state index in [4.69, 9.17) is 0 Å². The summed E-state index contributed by atoms with van der Waals surface area (Å²) in [5, 5.41) is 0. The fourth-order valence-corrected chi connectivity index (χ4v) is 28.5. The van der Waals surface area contributed by atoms with E-state index in [0.29, 0.717) is 0 Å². The summed E-state index contributed by atoms with van der Waals surface area (Å²) in [6.45, 7) is 0. The number of hydrogen-bond donors (Lipinski definition) is 0. The van der Waals surface area contributed by atoms with Gasteiger partial charge in [0.25, 0.3) is 0 Å². The normalized spacial score (nSPS) is 104. The highest BCUT2D eigenvalue weighted by Gasteiger charge is 3.36. The number of fused-ring (bicyclic) bond motifs is 11. The lowest BCUT2D eigenvalue weighted by Gasteiger charge is -3.37. The van der Waals surface area contributed by atoms with Crippen molar-refractivity contribution in [2.45, 2.75) is 64.2 Å². The lowest BCUT2D eigenvalue weighted by atomic mass is 8.65. The Hall–Kier alpha value is 0. The largest absolute Gasteiger partial charge is 0.0499 e. The van der Waals surface area contributed by atoms with Gasteiger partial charge in [0.2, 0.25) is 0 Å². The topological polar surface area (TPSA) is 0 Å². The molecule has 0 aromatic heterocycles. The summed E-state index contributed by atoms with van der Waals surface area (Å²) in [6.07, 6.45) is 16.9. The highest BCUT2D eigenvalue weighted by Crippen LogP contribution is 3.38. The summed E-state index contributed by atoms with van der Waals surface area (Å²) in [5.74, 6) is 26.1. The van der Waals surface area contributed by atoms with Crippen LogP contribution in [0.4, 0.5) is 0 Å². The monoisotopic (exact) mass is 496 g/mol. The van der Waals surface area contributed by atoms with Crippen molar-refractivity contribution in [1.82, 2.24) is 0 Å². The summed E-state index contributed by atoms with van der Waals surface area (Å²) in [4.78, 5) is 0. The van der Waals surface area contributed by atoms with Gasteiger partial charge in [0.05, 0.1) is 0 Å². The average molecular weight is 497 g/mol. The van der Waals surface area contributed by atoms with Crippen LogP contribution in [0, 0.1) is 162 Å². The SMILES string of the molecule is C1C2CC3C4CC5CC6C1C23C564.C1CC2C1CCC1C3C4C2C2C5C6CC7C8CC9C%10C1C31C42C52C76C89C%1012. The highest BCUT2D eigenvalue weighted by molar-refractivity contribution is 5.81. The van der Waals surface area contributed by atoms with E-state index >= 15 is 0 Å². The molecule has 0 heterocycles. The quantitative estimate of drug-likeness (QED) is 0.366. The van der Waals surface area contributed by atoms with Crippen molar-refractivity contribution in [3.63, 3.8) is 0 Å².